The van der Waals surface area contributed by atoms with Gasteiger partial charge in [0, 0.05) is 50.5 Å². The van der Waals surface area contributed by atoms with Crippen LogP contribution in [-0.4, -0.2) is 49.4 Å². The van der Waals surface area contributed by atoms with E-state index in [2.05, 4.69) is 0 Å². The number of hydrogen-bond donors (Lipinski definition) is 0. The third kappa shape index (κ3) is 4.13. The van der Waals surface area contributed by atoms with Gasteiger partial charge in [-0.25, -0.2) is 0 Å². The number of anilines is 2. The van der Waals surface area contributed by atoms with Crippen molar-refractivity contribution in [1.29, 1.82) is 0 Å². The Morgan fingerprint density at radius 2 is 1.57 bits per heavy atom. The number of piperazine rings is 1. The van der Waals surface area contributed by atoms with Gasteiger partial charge in [-0.2, -0.15) is 13.2 Å². The van der Waals surface area contributed by atoms with E-state index in [0.29, 0.717) is 38.4 Å². The zero-order valence-corrected chi connectivity index (χ0v) is 16.3. The molecule has 0 aliphatic carbocycles. The van der Waals surface area contributed by atoms with E-state index in [0.717, 1.165) is 17.8 Å². The molecule has 2 aromatic carbocycles. The number of hydrogen-bond acceptors (Lipinski definition) is 3. The molecule has 2 fully saturated rings. The largest absolute Gasteiger partial charge is 0.416 e. The first-order valence-electron chi connectivity index (χ1n) is 9.89. The van der Waals surface area contributed by atoms with Crippen LogP contribution in [0.2, 0.25) is 0 Å². The van der Waals surface area contributed by atoms with E-state index in [1.165, 1.54) is 6.07 Å². The normalized spacial score (nSPS) is 20.0. The van der Waals surface area contributed by atoms with E-state index in [9.17, 15) is 22.8 Å². The molecule has 2 aromatic rings. The maximum Gasteiger partial charge on any atom is 0.416 e. The molecule has 0 aromatic heterocycles. The first kappa shape index (κ1) is 20.3. The molecule has 0 saturated carbocycles. The van der Waals surface area contributed by atoms with E-state index in [1.807, 2.05) is 35.2 Å². The molecule has 5 nitrogen and oxygen atoms in total. The van der Waals surface area contributed by atoms with Crippen LogP contribution < -0.4 is 9.80 Å². The molecule has 2 saturated heterocycles. The Bertz CT molecular complexity index is 925. The first-order chi connectivity index (χ1) is 14.3. The lowest BCUT2D eigenvalue weighted by Crippen LogP contribution is -2.50. The summed E-state index contributed by atoms with van der Waals surface area (Å²) in [6, 6.07) is 14.5. The molecular weight excluding hydrogens is 395 g/mol. The molecule has 0 N–H and O–H groups in total. The predicted molar refractivity (Wildman–Crippen MR) is 107 cm³/mol. The fourth-order valence-electron chi connectivity index (χ4n) is 4.05. The number of para-hydroxylation sites is 1. The number of carbonyl (C=O) groups excluding carboxylic acids is 2. The number of alkyl halides is 3. The van der Waals surface area contributed by atoms with Gasteiger partial charge >= 0.3 is 6.18 Å². The van der Waals surface area contributed by atoms with Crippen LogP contribution in [0.15, 0.2) is 54.6 Å². The summed E-state index contributed by atoms with van der Waals surface area (Å²) in [5.41, 5.74) is 0.611. The fourth-order valence-corrected chi connectivity index (χ4v) is 4.05. The van der Waals surface area contributed by atoms with Gasteiger partial charge in [0.25, 0.3) is 0 Å². The van der Waals surface area contributed by atoms with Crippen molar-refractivity contribution in [3.63, 3.8) is 0 Å². The predicted octanol–water partition coefficient (Wildman–Crippen LogP) is 3.41. The minimum atomic E-state index is -4.38. The van der Waals surface area contributed by atoms with E-state index in [4.69, 9.17) is 0 Å². The minimum Gasteiger partial charge on any atom is -0.368 e. The topological polar surface area (TPSA) is 43.9 Å². The maximum atomic E-state index is 13.0. The second-order valence-electron chi connectivity index (χ2n) is 7.60. The molecule has 30 heavy (non-hydrogen) atoms. The van der Waals surface area contributed by atoms with Crippen LogP contribution in [0.5, 0.6) is 0 Å². The molecule has 2 aliphatic rings. The first-order valence-corrected chi connectivity index (χ1v) is 9.89. The summed E-state index contributed by atoms with van der Waals surface area (Å²) in [4.78, 5) is 30.5. The lowest BCUT2D eigenvalue weighted by Gasteiger charge is -2.37. The summed E-state index contributed by atoms with van der Waals surface area (Å²) >= 11 is 0. The quantitative estimate of drug-likeness (QED) is 0.769. The van der Waals surface area contributed by atoms with Gasteiger partial charge in [0.2, 0.25) is 11.8 Å². The Hall–Kier alpha value is -3.03. The number of amides is 2. The van der Waals surface area contributed by atoms with Crippen LogP contribution in [0.25, 0.3) is 0 Å². The van der Waals surface area contributed by atoms with E-state index >= 15 is 0 Å². The smallest absolute Gasteiger partial charge is 0.368 e. The second-order valence-corrected chi connectivity index (χ2v) is 7.60. The highest BCUT2D eigenvalue weighted by molar-refractivity contribution is 6.00. The summed E-state index contributed by atoms with van der Waals surface area (Å²) in [5.74, 6) is -0.523. The SMILES string of the molecule is O=C(C1CC(=O)N(c2ccccc2)C1)N1CCN(c2cccc(C(F)(F)F)c2)CC1. The van der Waals surface area contributed by atoms with Crippen LogP contribution in [-0.2, 0) is 15.8 Å². The average molecular weight is 417 g/mol. The molecule has 4 rings (SSSR count). The Kier molecular flexibility index (Phi) is 5.40. The summed E-state index contributed by atoms with van der Waals surface area (Å²) in [7, 11) is 0. The summed E-state index contributed by atoms with van der Waals surface area (Å²) in [6.45, 7) is 2.11. The number of carbonyl (C=O) groups is 2. The van der Waals surface area contributed by atoms with E-state index in [-0.39, 0.29) is 18.2 Å². The average Bonchev–Trinajstić information content (AvgIpc) is 3.15. The molecule has 1 atom stereocenters. The maximum absolute atomic E-state index is 13.0. The van der Waals surface area contributed by atoms with E-state index in [1.54, 1.807) is 15.9 Å². The highest BCUT2D eigenvalue weighted by Crippen LogP contribution is 2.32. The molecule has 1 unspecified atom stereocenters. The van der Waals surface area contributed by atoms with Crippen molar-refractivity contribution >= 4 is 23.2 Å². The molecule has 2 heterocycles. The van der Waals surface area contributed by atoms with Crippen molar-refractivity contribution in [2.45, 2.75) is 12.6 Å². The Balaban J connectivity index is 1.37. The zero-order chi connectivity index (χ0) is 21.3. The number of halogens is 3. The van der Waals surface area contributed by atoms with Crippen LogP contribution in [0.4, 0.5) is 24.5 Å². The van der Waals surface area contributed by atoms with Crippen molar-refractivity contribution in [2.24, 2.45) is 5.92 Å². The third-order valence-corrected chi connectivity index (χ3v) is 5.67. The van der Waals surface area contributed by atoms with Crippen LogP contribution in [0, 0.1) is 5.92 Å². The standard InChI is InChI=1S/C22H22F3N3O2/c23-22(24,25)17-5-4-8-19(14-17)26-9-11-27(12-10-26)21(30)16-13-20(29)28(15-16)18-6-2-1-3-7-18/h1-8,14,16H,9-13,15H2. The second kappa shape index (κ2) is 8.01. The molecule has 158 valence electrons. The Morgan fingerprint density at radius 1 is 0.900 bits per heavy atom. The highest BCUT2D eigenvalue weighted by Gasteiger charge is 2.38. The van der Waals surface area contributed by atoms with Gasteiger partial charge in [0.05, 0.1) is 11.5 Å². The lowest BCUT2D eigenvalue weighted by molar-refractivity contribution is -0.137. The molecule has 2 amide bonds. The van der Waals surface area contributed by atoms with Crippen molar-refractivity contribution in [1.82, 2.24) is 4.90 Å². The monoisotopic (exact) mass is 417 g/mol. The Morgan fingerprint density at radius 3 is 2.23 bits per heavy atom. The number of benzene rings is 2. The summed E-state index contributed by atoms with van der Waals surface area (Å²) in [6.07, 6.45) is -4.20. The summed E-state index contributed by atoms with van der Waals surface area (Å²) < 4.78 is 38.9. The molecule has 2 aliphatic heterocycles. The summed E-state index contributed by atoms with van der Waals surface area (Å²) in [5, 5.41) is 0. The van der Waals surface area contributed by atoms with Gasteiger partial charge in [-0.3, -0.25) is 9.59 Å². The van der Waals surface area contributed by atoms with Gasteiger partial charge in [0.1, 0.15) is 0 Å². The molecule has 8 heteroatoms. The molecular formula is C22H22F3N3O2. The van der Waals surface area contributed by atoms with Crippen LogP contribution >= 0.6 is 0 Å². The molecule has 0 radical (unpaired) electrons. The van der Waals surface area contributed by atoms with Crippen molar-refractivity contribution in [2.75, 3.05) is 42.5 Å². The van der Waals surface area contributed by atoms with Gasteiger partial charge in [0.15, 0.2) is 0 Å². The highest BCUT2D eigenvalue weighted by atomic mass is 19.4. The molecule has 0 bridgehead atoms. The van der Waals surface area contributed by atoms with Crippen molar-refractivity contribution in [3.05, 3.63) is 60.2 Å². The molecule has 0 spiro atoms. The third-order valence-electron chi connectivity index (χ3n) is 5.67. The van der Waals surface area contributed by atoms with Gasteiger partial charge < -0.3 is 14.7 Å². The fraction of sp³-hybridized carbons (Fsp3) is 0.364. The van der Waals surface area contributed by atoms with Crippen LogP contribution in [0.1, 0.15) is 12.0 Å². The van der Waals surface area contributed by atoms with Crippen molar-refractivity contribution in [3.8, 4) is 0 Å². The lowest BCUT2D eigenvalue weighted by atomic mass is 10.1. The Labute approximate surface area is 172 Å². The van der Waals surface area contributed by atoms with Gasteiger partial charge in [-0.1, -0.05) is 24.3 Å². The van der Waals surface area contributed by atoms with Crippen LogP contribution in [0.3, 0.4) is 0 Å². The van der Waals surface area contributed by atoms with Crippen molar-refractivity contribution < 1.29 is 22.8 Å². The van der Waals surface area contributed by atoms with Gasteiger partial charge in [-0.05, 0) is 30.3 Å². The number of rotatable bonds is 3. The zero-order valence-electron chi connectivity index (χ0n) is 16.3. The minimum absolute atomic E-state index is 0.0644. The number of nitrogens with zero attached hydrogens (tertiary/aromatic N) is 3. The van der Waals surface area contributed by atoms with Gasteiger partial charge in [-0.15, -0.1) is 0 Å². The van der Waals surface area contributed by atoms with E-state index < -0.39 is 17.7 Å².